The van der Waals surface area contributed by atoms with Crippen molar-refractivity contribution in [3.05, 3.63) is 24.2 Å². The van der Waals surface area contributed by atoms with Crippen LogP contribution in [0.1, 0.15) is 25.3 Å². The van der Waals surface area contributed by atoms with Gasteiger partial charge in [0.25, 0.3) is 0 Å². The molecular formula is C9H14O4. The summed E-state index contributed by atoms with van der Waals surface area (Å²) < 4.78 is 4.70. The summed E-state index contributed by atoms with van der Waals surface area (Å²) in [7, 11) is 0. The molecule has 0 aliphatic heterocycles. The molecule has 1 unspecified atom stereocenters. The van der Waals surface area contributed by atoms with Gasteiger partial charge >= 0.3 is 0 Å². The monoisotopic (exact) mass is 186 g/mol. The van der Waals surface area contributed by atoms with Gasteiger partial charge in [0, 0.05) is 0 Å². The van der Waals surface area contributed by atoms with Crippen LogP contribution in [0.5, 0.6) is 0 Å². The SMILES string of the molecule is CCCC(O)C(O)(O)c1ccoc1. The highest BCUT2D eigenvalue weighted by atomic mass is 16.5. The van der Waals surface area contributed by atoms with E-state index in [1.54, 1.807) is 0 Å². The summed E-state index contributed by atoms with van der Waals surface area (Å²) in [6.45, 7) is 1.86. The first kappa shape index (κ1) is 10.2. The first-order valence-corrected chi connectivity index (χ1v) is 4.24. The van der Waals surface area contributed by atoms with Crippen molar-refractivity contribution in [3.8, 4) is 0 Å². The van der Waals surface area contributed by atoms with Gasteiger partial charge in [0.2, 0.25) is 5.79 Å². The smallest absolute Gasteiger partial charge is 0.219 e. The molecule has 74 valence electrons. The van der Waals surface area contributed by atoms with Gasteiger partial charge in [0.15, 0.2) is 0 Å². The molecule has 0 aromatic carbocycles. The van der Waals surface area contributed by atoms with Crippen molar-refractivity contribution in [2.24, 2.45) is 0 Å². The summed E-state index contributed by atoms with van der Waals surface area (Å²) >= 11 is 0. The molecule has 0 saturated carbocycles. The molecule has 1 aromatic rings. The lowest BCUT2D eigenvalue weighted by Crippen LogP contribution is -2.38. The third kappa shape index (κ3) is 2.09. The third-order valence-corrected chi connectivity index (χ3v) is 1.97. The van der Waals surface area contributed by atoms with Gasteiger partial charge in [-0.2, -0.15) is 0 Å². The molecule has 0 bridgehead atoms. The molecule has 1 rings (SSSR count). The van der Waals surface area contributed by atoms with Crippen LogP contribution in [-0.2, 0) is 5.79 Å². The highest BCUT2D eigenvalue weighted by Gasteiger charge is 2.35. The van der Waals surface area contributed by atoms with Crippen LogP contribution in [0.25, 0.3) is 0 Å². The lowest BCUT2D eigenvalue weighted by atomic mass is 10.00. The minimum absolute atomic E-state index is 0.174. The molecule has 0 radical (unpaired) electrons. The van der Waals surface area contributed by atoms with Gasteiger partial charge in [-0.1, -0.05) is 13.3 Å². The number of hydrogen-bond acceptors (Lipinski definition) is 4. The Hall–Kier alpha value is -0.840. The molecule has 1 heterocycles. The summed E-state index contributed by atoms with van der Waals surface area (Å²) in [5.41, 5.74) is 0.174. The van der Waals surface area contributed by atoms with E-state index in [-0.39, 0.29) is 5.56 Å². The number of aliphatic hydroxyl groups excluding tert-OH is 1. The van der Waals surface area contributed by atoms with Crippen LogP contribution in [0.2, 0.25) is 0 Å². The fraction of sp³-hybridized carbons (Fsp3) is 0.556. The predicted molar refractivity (Wildman–Crippen MR) is 45.7 cm³/mol. The quantitative estimate of drug-likeness (QED) is 0.601. The number of furan rings is 1. The van der Waals surface area contributed by atoms with E-state index < -0.39 is 11.9 Å². The standard InChI is InChI=1S/C9H14O4/c1-2-3-8(10)9(11,12)7-4-5-13-6-7/h4-6,8,10-12H,2-3H2,1H3. The highest BCUT2D eigenvalue weighted by Crippen LogP contribution is 2.24. The van der Waals surface area contributed by atoms with Crippen molar-refractivity contribution in [1.29, 1.82) is 0 Å². The maximum absolute atomic E-state index is 9.52. The van der Waals surface area contributed by atoms with Crippen molar-refractivity contribution in [2.45, 2.75) is 31.7 Å². The van der Waals surface area contributed by atoms with Gasteiger partial charge < -0.3 is 19.7 Å². The average molecular weight is 186 g/mol. The zero-order valence-corrected chi connectivity index (χ0v) is 7.47. The van der Waals surface area contributed by atoms with E-state index in [0.717, 1.165) is 0 Å². The summed E-state index contributed by atoms with van der Waals surface area (Å²) in [6, 6.07) is 1.42. The van der Waals surface area contributed by atoms with Crippen LogP contribution in [-0.4, -0.2) is 21.4 Å². The molecule has 4 heteroatoms. The van der Waals surface area contributed by atoms with Gasteiger partial charge in [0.1, 0.15) is 6.10 Å². The maximum Gasteiger partial charge on any atom is 0.219 e. The Labute approximate surface area is 76.4 Å². The topological polar surface area (TPSA) is 73.8 Å². The van der Waals surface area contributed by atoms with E-state index in [1.807, 2.05) is 6.92 Å². The zero-order chi connectivity index (χ0) is 9.90. The van der Waals surface area contributed by atoms with E-state index in [4.69, 9.17) is 4.42 Å². The predicted octanol–water partition coefficient (Wildman–Crippen LogP) is 0.578. The maximum atomic E-state index is 9.52. The molecule has 1 aromatic heterocycles. The van der Waals surface area contributed by atoms with Crippen LogP contribution in [0.3, 0.4) is 0 Å². The van der Waals surface area contributed by atoms with Crippen molar-refractivity contribution >= 4 is 0 Å². The Morgan fingerprint density at radius 3 is 2.69 bits per heavy atom. The fourth-order valence-corrected chi connectivity index (χ4v) is 1.14. The number of rotatable bonds is 4. The second-order valence-corrected chi connectivity index (χ2v) is 3.04. The lowest BCUT2D eigenvalue weighted by molar-refractivity contribution is -0.236. The molecule has 0 aliphatic carbocycles. The summed E-state index contributed by atoms with van der Waals surface area (Å²) in [6.07, 6.45) is 2.36. The van der Waals surface area contributed by atoms with E-state index in [0.29, 0.717) is 12.8 Å². The summed E-state index contributed by atoms with van der Waals surface area (Å²) in [5, 5.41) is 28.4. The van der Waals surface area contributed by atoms with Crippen LogP contribution < -0.4 is 0 Å². The minimum Gasteiger partial charge on any atom is -0.472 e. The first-order chi connectivity index (χ1) is 6.09. The molecule has 13 heavy (non-hydrogen) atoms. The molecule has 0 aliphatic rings. The van der Waals surface area contributed by atoms with Crippen molar-refractivity contribution in [2.75, 3.05) is 0 Å². The largest absolute Gasteiger partial charge is 0.472 e. The first-order valence-electron chi connectivity index (χ1n) is 4.24. The van der Waals surface area contributed by atoms with E-state index in [1.165, 1.54) is 18.6 Å². The Balaban J connectivity index is 2.76. The second kappa shape index (κ2) is 3.91. The Morgan fingerprint density at radius 1 is 1.54 bits per heavy atom. The Kier molecular flexibility index (Phi) is 3.08. The van der Waals surface area contributed by atoms with E-state index >= 15 is 0 Å². The summed E-state index contributed by atoms with van der Waals surface area (Å²) in [4.78, 5) is 0. The molecule has 3 N–H and O–H groups in total. The van der Waals surface area contributed by atoms with Crippen LogP contribution >= 0.6 is 0 Å². The molecule has 0 spiro atoms. The van der Waals surface area contributed by atoms with Gasteiger partial charge in [0.05, 0.1) is 18.1 Å². The lowest BCUT2D eigenvalue weighted by Gasteiger charge is -2.25. The molecule has 0 amide bonds. The minimum atomic E-state index is -2.21. The van der Waals surface area contributed by atoms with Gasteiger partial charge in [-0.3, -0.25) is 0 Å². The molecule has 0 fully saturated rings. The normalized spacial score (nSPS) is 14.5. The Morgan fingerprint density at radius 2 is 2.23 bits per heavy atom. The second-order valence-electron chi connectivity index (χ2n) is 3.04. The number of aliphatic hydroxyl groups is 3. The molecule has 4 nitrogen and oxygen atoms in total. The van der Waals surface area contributed by atoms with Crippen molar-refractivity contribution < 1.29 is 19.7 Å². The van der Waals surface area contributed by atoms with Crippen molar-refractivity contribution in [1.82, 2.24) is 0 Å². The van der Waals surface area contributed by atoms with E-state index in [9.17, 15) is 15.3 Å². The van der Waals surface area contributed by atoms with Crippen LogP contribution in [0, 0.1) is 0 Å². The van der Waals surface area contributed by atoms with Crippen LogP contribution in [0.15, 0.2) is 23.0 Å². The Bertz CT molecular complexity index is 240. The van der Waals surface area contributed by atoms with E-state index in [2.05, 4.69) is 0 Å². The average Bonchev–Trinajstić information content (AvgIpc) is 2.56. The van der Waals surface area contributed by atoms with Crippen LogP contribution in [0.4, 0.5) is 0 Å². The highest BCUT2D eigenvalue weighted by molar-refractivity contribution is 5.14. The van der Waals surface area contributed by atoms with Gasteiger partial charge in [-0.15, -0.1) is 0 Å². The molecule has 0 saturated heterocycles. The van der Waals surface area contributed by atoms with Gasteiger partial charge in [-0.05, 0) is 12.5 Å². The summed E-state index contributed by atoms with van der Waals surface area (Å²) in [5.74, 6) is -2.21. The molecular weight excluding hydrogens is 172 g/mol. The number of hydrogen-bond donors (Lipinski definition) is 3. The zero-order valence-electron chi connectivity index (χ0n) is 7.47. The third-order valence-electron chi connectivity index (χ3n) is 1.97. The molecule has 1 atom stereocenters. The van der Waals surface area contributed by atoms with Gasteiger partial charge in [-0.25, -0.2) is 0 Å². The van der Waals surface area contributed by atoms with Crippen molar-refractivity contribution in [3.63, 3.8) is 0 Å². The fourth-order valence-electron chi connectivity index (χ4n) is 1.14.